The molecule has 1 amide bonds. The van der Waals surface area contributed by atoms with Gasteiger partial charge in [0.05, 0.1) is 23.4 Å². The van der Waals surface area contributed by atoms with E-state index in [-0.39, 0.29) is 12.1 Å². The molecule has 0 unspecified atom stereocenters. The standard InChI is InChI=1S/C12H12F3N5O/c1-20-6-18-9(19-20)5-17-11(21)7-3-2-4-8(10(7)16)12(13,14)15/h2-4,6H,5,16H2,1H3,(H,17,21). The molecule has 112 valence electrons. The van der Waals surface area contributed by atoms with Crippen LogP contribution in [0.15, 0.2) is 24.5 Å². The van der Waals surface area contributed by atoms with Gasteiger partial charge in [-0.1, -0.05) is 6.07 Å². The zero-order chi connectivity index (χ0) is 15.6. The summed E-state index contributed by atoms with van der Waals surface area (Å²) in [7, 11) is 1.66. The fourth-order valence-electron chi connectivity index (χ4n) is 1.73. The summed E-state index contributed by atoms with van der Waals surface area (Å²) in [5.41, 5.74) is 3.56. The number of alkyl halides is 3. The first-order valence-corrected chi connectivity index (χ1v) is 5.87. The van der Waals surface area contributed by atoms with Crippen LogP contribution in [0, 0.1) is 0 Å². The van der Waals surface area contributed by atoms with Crippen LogP contribution < -0.4 is 11.1 Å². The van der Waals surface area contributed by atoms with Crippen LogP contribution in [0.3, 0.4) is 0 Å². The lowest BCUT2D eigenvalue weighted by molar-refractivity contribution is -0.136. The van der Waals surface area contributed by atoms with Crippen molar-refractivity contribution in [3.63, 3.8) is 0 Å². The van der Waals surface area contributed by atoms with Gasteiger partial charge >= 0.3 is 6.18 Å². The van der Waals surface area contributed by atoms with Gasteiger partial charge < -0.3 is 11.1 Å². The normalized spacial score (nSPS) is 11.4. The Morgan fingerprint density at radius 3 is 2.71 bits per heavy atom. The van der Waals surface area contributed by atoms with E-state index in [1.54, 1.807) is 7.05 Å². The number of nitrogen functional groups attached to an aromatic ring is 1. The van der Waals surface area contributed by atoms with Crippen molar-refractivity contribution in [1.29, 1.82) is 0 Å². The fourth-order valence-corrected chi connectivity index (χ4v) is 1.73. The van der Waals surface area contributed by atoms with Crippen molar-refractivity contribution in [2.45, 2.75) is 12.7 Å². The zero-order valence-electron chi connectivity index (χ0n) is 11.0. The Morgan fingerprint density at radius 1 is 1.43 bits per heavy atom. The minimum absolute atomic E-state index is 0.00460. The monoisotopic (exact) mass is 299 g/mol. The number of benzene rings is 1. The number of hydrogen-bond donors (Lipinski definition) is 2. The van der Waals surface area contributed by atoms with E-state index in [0.717, 1.165) is 12.1 Å². The Labute approximate surface area is 117 Å². The lowest BCUT2D eigenvalue weighted by Crippen LogP contribution is -2.25. The summed E-state index contributed by atoms with van der Waals surface area (Å²) < 4.78 is 39.6. The quantitative estimate of drug-likeness (QED) is 0.838. The average molecular weight is 299 g/mol. The highest BCUT2D eigenvalue weighted by molar-refractivity contribution is 5.99. The third kappa shape index (κ3) is 3.30. The molecule has 0 aliphatic heterocycles. The highest BCUT2D eigenvalue weighted by Gasteiger charge is 2.34. The molecule has 6 nitrogen and oxygen atoms in total. The highest BCUT2D eigenvalue weighted by Crippen LogP contribution is 2.34. The molecule has 0 saturated heterocycles. The van der Waals surface area contributed by atoms with Gasteiger partial charge in [0.25, 0.3) is 5.91 Å². The van der Waals surface area contributed by atoms with E-state index in [1.807, 2.05) is 0 Å². The Hall–Kier alpha value is -2.58. The summed E-state index contributed by atoms with van der Waals surface area (Å²) in [5, 5.41) is 6.36. The van der Waals surface area contributed by atoms with Crippen molar-refractivity contribution in [1.82, 2.24) is 20.1 Å². The van der Waals surface area contributed by atoms with Gasteiger partial charge in [-0.3, -0.25) is 9.48 Å². The smallest absolute Gasteiger partial charge is 0.398 e. The molecule has 2 aromatic rings. The molecule has 0 aliphatic carbocycles. The van der Waals surface area contributed by atoms with Gasteiger partial charge in [-0.05, 0) is 12.1 Å². The molecule has 9 heteroatoms. The van der Waals surface area contributed by atoms with Gasteiger partial charge in [-0.2, -0.15) is 18.3 Å². The van der Waals surface area contributed by atoms with Crippen LogP contribution in [-0.4, -0.2) is 20.7 Å². The van der Waals surface area contributed by atoms with Gasteiger partial charge in [0.15, 0.2) is 5.82 Å². The summed E-state index contributed by atoms with van der Waals surface area (Å²) in [6, 6.07) is 3.19. The van der Waals surface area contributed by atoms with E-state index in [1.165, 1.54) is 17.1 Å². The summed E-state index contributed by atoms with van der Waals surface area (Å²) >= 11 is 0. The third-order valence-electron chi connectivity index (χ3n) is 2.71. The molecule has 0 spiro atoms. The van der Waals surface area contributed by atoms with Crippen LogP contribution >= 0.6 is 0 Å². The average Bonchev–Trinajstić information content (AvgIpc) is 2.80. The van der Waals surface area contributed by atoms with E-state index in [4.69, 9.17) is 5.73 Å². The number of nitrogens with two attached hydrogens (primary N) is 1. The Kier molecular flexibility index (Phi) is 3.83. The van der Waals surface area contributed by atoms with Gasteiger partial charge in [-0.15, -0.1) is 0 Å². The predicted octanol–water partition coefficient (Wildman–Crippen LogP) is 1.35. The minimum Gasteiger partial charge on any atom is -0.398 e. The summed E-state index contributed by atoms with van der Waals surface area (Å²) in [6.07, 6.45) is -3.16. The van der Waals surface area contributed by atoms with Crippen molar-refractivity contribution in [3.8, 4) is 0 Å². The first-order chi connectivity index (χ1) is 9.79. The largest absolute Gasteiger partial charge is 0.418 e. The Morgan fingerprint density at radius 2 is 2.14 bits per heavy atom. The molecule has 1 aromatic carbocycles. The molecule has 0 fully saturated rings. The van der Waals surface area contributed by atoms with Gasteiger partial charge in [0.1, 0.15) is 6.33 Å². The van der Waals surface area contributed by atoms with E-state index < -0.39 is 23.3 Å². The number of amides is 1. The molecular weight excluding hydrogens is 287 g/mol. The van der Waals surface area contributed by atoms with E-state index in [2.05, 4.69) is 15.4 Å². The maximum absolute atomic E-state index is 12.7. The van der Waals surface area contributed by atoms with Crippen molar-refractivity contribution in [2.75, 3.05) is 5.73 Å². The summed E-state index contributed by atoms with van der Waals surface area (Å²) in [5.74, 6) is -0.373. The van der Waals surface area contributed by atoms with E-state index in [9.17, 15) is 18.0 Å². The number of nitrogens with zero attached hydrogens (tertiary/aromatic N) is 3. The SMILES string of the molecule is Cn1cnc(CNC(=O)c2cccc(C(F)(F)F)c2N)n1. The van der Waals surface area contributed by atoms with Crippen LogP contribution in [0.25, 0.3) is 0 Å². The number of aryl methyl sites for hydroxylation is 1. The predicted molar refractivity (Wildman–Crippen MR) is 68.0 cm³/mol. The van der Waals surface area contributed by atoms with Gasteiger partial charge in [0.2, 0.25) is 0 Å². The van der Waals surface area contributed by atoms with Crippen LogP contribution in [-0.2, 0) is 19.8 Å². The lowest BCUT2D eigenvalue weighted by atomic mass is 10.1. The number of rotatable bonds is 3. The lowest BCUT2D eigenvalue weighted by Gasteiger charge is -2.13. The second-order valence-electron chi connectivity index (χ2n) is 4.28. The Bertz CT molecular complexity index is 665. The number of anilines is 1. The molecule has 0 bridgehead atoms. The number of para-hydroxylation sites is 1. The summed E-state index contributed by atoms with van der Waals surface area (Å²) in [4.78, 5) is 15.8. The van der Waals surface area contributed by atoms with E-state index >= 15 is 0 Å². The first-order valence-electron chi connectivity index (χ1n) is 5.87. The van der Waals surface area contributed by atoms with E-state index in [0.29, 0.717) is 5.82 Å². The number of aromatic nitrogens is 3. The number of hydrogen-bond acceptors (Lipinski definition) is 4. The van der Waals surface area contributed by atoms with Crippen molar-refractivity contribution >= 4 is 11.6 Å². The maximum Gasteiger partial charge on any atom is 0.418 e. The van der Waals surface area contributed by atoms with Crippen molar-refractivity contribution < 1.29 is 18.0 Å². The molecule has 0 aliphatic rings. The van der Waals surface area contributed by atoms with Crippen LogP contribution in [0.4, 0.5) is 18.9 Å². The molecule has 0 radical (unpaired) electrons. The molecule has 0 saturated carbocycles. The van der Waals surface area contributed by atoms with Crippen molar-refractivity contribution in [3.05, 3.63) is 41.5 Å². The third-order valence-corrected chi connectivity index (χ3v) is 2.71. The molecule has 2 rings (SSSR count). The highest BCUT2D eigenvalue weighted by atomic mass is 19.4. The van der Waals surface area contributed by atoms with Gasteiger partial charge in [-0.25, -0.2) is 4.98 Å². The maximum atomic E-state index is 12.7. The molecule has 1 heterocycles. The number of halogens is 3. The molecule has 0 atom stereocenters. The van der Waals surface area contributed by atoms with Crippen LogP contribution in [0.2, 0.25) is 0 Å². The second-order valence-corrected chi connectivity index (χ2v) is 4.28. The molecular formula is C12H12F3N5O. The Balaban J connectivity index is 2.16. The molecule has 1 aromatic heterocycles. The van der Waals surface area contributed by atoms with Crippen molar-refractivity contribution in [2.24, 2.45) is 7.05 Å². The minimum atomic E-state index is -4.61. The summed E-state index contributed by atoms with van der Waals surface area (Å²) in [6.45, 7) is -0.00460. The number of carbonyl (C=O) groups excluding carboxylic acids is 1. The second kappa shape index (κ2) is 5.43. The fraction of sp³-hybridized carbons (Fsp3) is 0.250. The molecule has 21 heavy (non-hydrogen) atoms. The van der Waals surface area contributed by atoms with Crippen LogP contribution in [0.1, 0.15) is 21.7 Å². The van der Waals surface area contributed by atoms with Gasteiger partial charge in [0, 0.05) is 7.05 Å². The van der Waals surface area contributed by atoms with Crippen LogP contribution in [0.5, 0.6) is 0 Å². The molecule has 3 N–H and O–H groups in total. The zero-order valence-corrected chi connectivity index (χ0v) is 11.0. The first kappa shape index (κ1) is 14.8. The number of nitrogens with one attached hydrogen (secondary N) is 1. The number of carbonyl (C=O) groups is 1. The topological polar surface area (TPSA) is 85.8 Å².